The first-order valence-corrected chi connectivity index (χ1v) is 4.43. The average Bonchev–Trinajstić information content (AvgIpc) is 2.83. The molecule has 1 fully saturated rings. The van der Waals surface area contributed by atoms with E-state index in [1.807, 2.05) is 12.1 Å². The van der Waals surface area contributed by atoms with E-state index in [0.717, 1.165) is 5.56 Å². The lowest BCUT2D eigenvalue weighted by molar-refractivity contribution is 0.101. The van der Waals surface area contributed by atoms with Gasteiger partial charge in [0.15, 0.2) is 5.78 Å². The first-order valence-electron chi connectivity index (χ1n) is 4.43. The molecule has 0 spiro atoms. The van der Waals surface area contributed by atoms with Crippen LogP contribution in [-0.2, 0) is 0 Å². The van der Waals surface area contributed by atoms with Crippen LogP contribution in [0.4, 0.5) is 4.39 Å². The molecule has 0 heterocycles. The number of alkyl halides is 1. The number of halogens is 1. The second kappa shape index (κ2) is 2.95. The molecule has 0 N–H and O–H groups in total. The molecule has 0 radical (unpaired) electrons. The number of ketones is 1. The van der Waals surface area contributed by atoms with Crippen LogP contribution in [0.15, 0.2) is 24.3 Å². The van der Waals surface area contributed by atoms with Gasteiger partial charge >= 0.3 is 0 Å². The summed E-state index contributed by atoms with van der Waals surface area (Å²) in [5, 5.41) is 0. The Bertz CT molecular complexity index is 328. The van der Waals surface area contributed by atoms with E-state index in [-0.39, 0.29) is 11.7 Å². The highest BCUT2D eigenvalue weighted by Crippen LogP contribution is 2.43. The van der Waals surface area contributed by atoms with E-state index in [1.165, 1.54) is 6.92 Å². The van der Waals surface area contributed by atoms with E-state index in [4.69, 9.17) is 0 Å². The van der Waals surface area contributed by atoms with Gasteiger partial charge in [-0.05, 0) is 18.9 Å². The van der Waals surface area contributed by atoms with Gasteiger partial charge in [-0.3, -0.25) is 4.79 Å². The molecule has 1 aliphatic carbocycles. The fourth-order valence-corrected chi connectivity index (χ4v) is 1.47. The molecule has 2 atom stereocenters. The minimum Gasteiger partial charge on any atom is -0.295 e. The summed E-state index contributed by atoms with van der Waals surface area (Å²) in [6, 6.07) is 7.23. The molecule has 1 aromatic carbocycles. The first kappa shape index (κ1) is 8.42. The van der Waals surface area contributed by atoms with Crippen LogP contribution in [0, 0.1) is 0 Å². The van der Waals surface area contributed by atoms with Crippen LogP contribution >= 0.6 is 0 Å². The molecule has 0 saturated heterocycles. The van der Waals surface area contributed by atoms with Crippen molar-refractivity contribution in [3.8, 4) is 0 Å². The molecular formula is C11H11FO. The highest BCUT2D eigenvalue weighted by atomic mass is 19.1. The number of rotatable bonds is 2. The zero-order valence-corrected chi connectivity index (χ0v) is 7.46. The van der Waals surface area contributed by atoms with Crippen molar-refractivity contribution in [3.05, 3.63) is 35.4 Å². The van der Waals surface area contributed by atoms with Gasteiger partial charge in [0, 0.05) is 11.5 Å². The SMILES string of the molecule is CC(=O)c1ccc([C@@H]2C[C@H]2F)cc1. The minimum atomic E-state index is -0.664. The van der Waals surface area contributed by atoms with Crippen molar-refractivity contribution in [1.29, 1.82) is 0 Å². The van der Waals surface area contributed by atoms with Crippen molar-refractivity contribution in [3.63, 3.8) is 0 Å². The van der Waals surface area contributed by atoms with Crippen LogP contribution in [0.2, 0.25) is 0 Å². The summed E-state index contributed by atoms with van der Waals surface area (Å²) in [6.07, 6.45) is -0.0254. The monoisotopic (exact) mass is 178 g/mol. The fraction of sp³-hybridized carbons (Fsp3) is 0.364. The molecule has 1 nitrogen and oxygen atoms in total. The van der Waals surface area contributed by atoms with E-state index in [9.17, 15) is 9.18 Å². The smallest absolute Gasteiger partial charge is 0.159 e. The number of hydrogen-bond donors (Lipinski definition) is 0. The van der Waals surface area contributed by atoms with Gasteiger partial charge in [0.05, 0.1) is 0 Å². The Labute approximate surface area is 76.6 Å². The van der Waals surface area contributed by atoms with E-state index < -0.39 is 6.17 Å². The quantitative estimate of drug-likeness (QED) is 0.636. The summed E-state index contributed by atoms with van der Waals surface area (Å²) in [4.78, 5) is 10.9. The zero-order valence-electron chi connectivity index (χ0n) is 7.46. The minimum absolute atomic E-state index is 0.0548. The van der Waals surface area contributed by atoms with Crippen LogP contribution in [0.5, 0.6) is 0 Å². The molecule has 0 amide bonds. The van der Waals surface area contributed by atoms with Crippen molar-refractivity contribution < 1.29 is 9.18 Å². The fourth-order valence-electron chi connectivity index (χ4n) is 1.47. The Kier molecular flexibility index (Phi) is 1.91. The second-order valence-electron chi connectivity index (χ2n) is 3.54. The maximum Gasteiger partial charge on any atom is 0.159 e. The Morgan fingerprint density at radius 1 is 1.38 bits per heavy atom. The number of carbonyl (C=O) groups excluding carboxylic acids is 1. The van der Waals surface area contributed by atoms with Crippen LogP contribution in [0.25, 0.3) is 0 Å². The number of carbonyl (C=O) groups is 1. The molecule has 0 aliphatic heterocycles. The molecule has 0 bridgehead atoms. The predicted molar refractivity (Wildman–Crippen MR) is 48.7 cm³/mol. The largest absolute Gasteiger partial charge is 0.295 e. The summed E-state index contributed by atoms with van der Waals surface area (Å²) in [5.41, 5.74) is 1.71. The highest BCUT2D eigenvalue weighted by Gasteiger charge is 2.38. The van der Waals surface area contributed by atoms with Gasteiger partial charge in [0.2, 0.25) is 0 Å². The molecule has 2 rings (SSSR count). The van der Waals surface area contributed by atoms with Crippen molar-refractivity contribution in [2.24, 2.45) is 0 Å². The predicted octanol–water partition coefficient (Wildman–Crippen LogP) is 2.71. The highest BCUT2D eigenvalue weighted by molar-refractivity contribution is 5.94. The summed E-state index contributed by atoms with van der Waals surface area (Å²) < 4.78 is 12.7. The summed E-state index contributed by atoms with van der Waals surface area (Å²) in [7, 11) is 0. The topological polar surface area (TPSA) is 17.1 Å². The van der Waals surface area contributed by atoms with Crippen molar-refractivity contribution in [1.82, 2.24) is 0 Å². The molecule has 2 heteroatoms. The van der Waals surface area contributed by atoms with Crippen LogP contribution in [-0.4, -0.2) is 12.0 Å². The maximum absolute atomic E-state index is 12.7. The Balaban J connectivity index is 2.19. The Hall–Kier alpha value is -1.18. The van der Waals surface area contributed by atoms with Crippen molar-refractivity contribution >= 4 is 5.78 Å². The van der Waals surface area contributed by atoms with Crippen molar-refractivity contribution in [2.75, 3.05) is 0 Å². The van der Waals surface area contributed by atoms with Crippen LogP contribution in [0.1, 0.15) is 35.2 Å². The van der Waals surface area contributed by atoms with E-state index >= 15 is 0 Å². The molecule has 13 heavy (non-hydrogen) atoms. The standard InChI is InChI=1S/C11H11FO/c1-7(13)8-2-4-9(5-3-8)10-6-11(10)12/h2-5,10-11H,6H2,1H3/t10-,11+/m0/s1. The molecule has 0 unspecified atom stereocenters. The van der Waals surface area contributed by atoms with Gasteiger partial charge in [0.1, 0.15) is 6.17 Å². The Morgan fingerprint density at radius 2 is 1.92 bits per heavy atom. The number of Topliss-reactive ketones (excluding diaryl/α,β-unsaturated/α-hetero) is 1. The van der Waals surface area contributed by atoms with E-state index in [0.29, 0.717) is 12.0 Å². The summed E-state index contributed by atoms with van der Waals surface area (Å²) >= 11 is 0. The van der Waals surface area contributed by atoms with Crippen LogP contribution < -0.4 is 0 Å². The molecule has 1 aliphatic rings. The number of hydrogen-bond acceptors (Lipinski definition) is 1. The molecule has 0 aromatic heterocycles. The third-order valence-corrected chi connectivity index (χ3v) is 2.46. The molecule has 1 saturated carbocycles. The maximum atomic E-state index is 12.7. The first-order chi connectivity index (χ1) is 6.18. The van der Waals surface area contributed by atoms with Gasteiger partial charge in [-0.1, -0.05) is 24.3 Å². The van der Waals surface area contributed by atoms with E-state index in [2.05, 4.69) is 0 Å². The van der Waals surface area contributed by atoms with Crippen molar-refractivity contribution in [2.45, 2.75) is 25.4 Å². The van der Waals surface area contributed by atoms with Gasteiger partial charge in [-0.15, -0.1) is 0 Å². The summed E-state index contributed by atoms with van der Waals surface area (Å²) in [5.74, 6) is 0.139. The lowest BCUT2D eigenvalue weighted by Crippen LogP contribution is -1.92. The molecular weight excluding hydrogens is 167 g/mol. The van der Waals surface area contributed by atoms with Gasteiger partial charge < -0.3 is 0 Å². The summed E-state index contributed by atoms with van der Waals surface area (Å²) in [6.45, 7) is 1.53. The second-order valence-corrected chi connectivity index (χ2v) is 3.54. The van der Waals surface area contributed by atoms with E-state index in [1.54, 1.807) is 12.1 Å². The third kappa shape index (κ3) is 1.62. The lowest BCUT2D eigenvalue weighted by Gasteiger charge is -1.98. The third-order valence-electron chi connectivity index (χ3n) is 2.46. The van der Waals surface area contributed by atoms with Crippen LogP contribution in [0.3, 0.4) is 0 Å². The Morgan fingerprint density at radius 3 is 2.31 bits per heavy atom. The number of benzene rings is 1. The zero-order chi connectivity index (χ0) is 9.42. The molecule has 1 aromatic rings. The molecule has 68 valence electrons. The average molecular weight is 178 g/mol. The van der Waals surface area contributed by atoms with Gasteiger partial charge in [-0.25, -0.2) is 4.39 Å². The lowest BCUT2D eigenvalue weighted by atomic mass is 10.1. The van der Waals surface area contributed by atoms with Gasteiger partial charge in [0.25, 0.3) is 0 Å². The van der Waals surface area contributed by atoms with Gasteiger partial charge in [-0.2, -0.15) is 0 Å². The normalized spacial score (nSPS) is 25.7.